The summed E-state index contributed by atoms with van der Waals surface area (Å²) in [6.07, 6.45) is 2.41. The molecule has 0 spiro atoms. The zero-order valence-electron chi connectivity index (χ0n) is 18.6. The van der Waals surface area contributed by atoms with E-state index in [1.807, 2.05) is 12.1 Å². The maximum Gasteiger partial charge on any atom is 0.276 e. The zero-order valence-corrected chi connectivity index (χ0v) is 19.4. The second-order valence-corrected chi connectivity index (χ2v) is 7.74. The number of thiocarbonyl (C=S) groups is 1. The highest BCUT2D eigenvalue weighted by Gasteiger charge is 2.30. The molecule has 0 aliphatic carbocycles. The molecule has 1 aliphatic rings. The summed E-state index contributed by atoms with van der Waals surface area (Å²) in [5.74, 6) is 0.942. The van der Waals surface area contributed by atoms with Gasteiger partial charge in [-0.3, -0.25) is 19.8 Å². The van der Waals surface area contributed by atoms with Crippen LogP contribution in [0.15, 0.2) is 42.1 Å². The number of nitro benzene ring substituents is 1. The number of nitrogens with one attached hydrogen (secondary N) is 1. The van der Waals surface area contributed by atoms with Crippen molar-refractivity contribution >= 4 is 35.0 Å². The normalized spacial score (nSPS) is 14.5. The molecule has 2 aromatic carbocycles. The highest BCUT2D eigenvalue weighted by atomic mass is 32.1. The molecule has 1 fully saturated rings. The minimum atomic E-state index is -0.429. The number of hydrogen-bond donors (Lipinski definition) is 1. The van der Waals surface area contributed by atoms with E-state index >= 15 is 0 Å². The molecule has 1 amide bonds. The first kappa shape index (κ1) is 24.1. The van der Waals surface area contributed by atoms with Crippen LogP contribution in [0.4, 0.5) is 5.69 Å². The van der Waals surface area contributed by atoms with Gasteiger partial charge in [0.25, 0.3) is 11.6 Å². The number of carbonyl (C=O) groups is 1. The molecule has 3 rings (SSSR count). The molecule has 1 saturated heterocycles. The third-order valence-electron chi connectivity index (χ3n) is 5.07. The van der Waals surface area contributed by atoms with Crippen molar-refractivity contribution in [1.29, 1.82) is 0 Å². The van der Waals surface area contributed by atoms with Crippen LogP contribution in [0.5, 0.6) is 11.5 Å². The molecule has 0 unspecified atom stereocenters. The minimum Gasteiger partial charge on any atom is -0.496 e. The molecule has 1 heterocycles. The van der Waals surface area contributed by atoms with Gasteiger partial charge in [0.1, 0.15) is 23.8 Å². The van der Waals surface area contributed by atoms with Crippen molar-refractivity contribution in [3.63, 3.8) is 0 Å². The Morgan fingerprint density at radius 1 is 1.21 bits per heavy atom. The Labute approximate surface area is 197 Å². The average molecular weight is 472 g/mol. The fourth-order valence-electron chi connectivity index (χ4n) is 3.39. The van der Waals surface area contributed by atoms with E-state index in [9.17, 15) is 14.9 Å². The van der Waals surface area contributed by atoms with E-state index in [0.29, 0.717) is 47.4 Å². The van der Waals surface area contributed by atoms with Gasteiger partial charge >= 0.3 is 0 Å². The van der Waals surface area contributed by atoms with Gasteiger partial charge in [0, 0.05) is 37.5 Å². The van der Waals surface area contributed by atoms with Crippen molar-refractivity contribution in [2.75, 3.05) is 27.4 Å². The van der Waals surface area contributed by atoms with Crippen LogP contribution >= 0.6 is 12.2 Å². The Balaban J connectivity index is 1.76. The molecular formula is C23H25N3O6S. The number of hydrogen-bond acceptors (Lipinski definition) is 7. The minimum absolute atomic E-state index is 0.0384. The maximum atomic E-state index is 12.7. The lowest BCUT2D eigenvalue weighted by molar-refractivity contribution is -0.385. The second-order valence-electron chi connectivity index (χ2n) is 7.36. The van der Waals surface area contributed by atoms with E-state index in [2.05, 4.69) is 5.32 Å². The first-order valence-electron chi connectivity index (χ1n) is 10.2. The predicted octanol–water partition coefficient (Wildman–Crippen LogP) is 3.58. The quantitative estimate of drug-likeness (QED) is 0.184. The number of aryl methyl sites for hydroxylation is 1. The first-order chi connectivity index (χ1) is 15.8. The van der Waals surface area contributed by atoms with Crippen molar-refractivity contribution in [3.05, 3.63) is 68.9 Å². The molecule has 174 valence electrons. The molecular weight excluding hydrogens is 446 g/mol. The van der Waals surface area contributed by atoms with Gasteiger partial charge in [0.2, 0.25) is 0 Å². The number of nitro groups is 1. The molecule has 1 aliphatic heterocycles. The van der Waals surface area contributed by atoms with E-state index in [1.54, 1.807) is 45.4 Å². The summed E-state index contributed by atoms with van der Waals surface area (Å²) in [4.78, 5) is 24.8. The van der Waals surface area contributed by atoms with Crippen LogP contribution in [0.2, 0.25) is 0 Å². The smallest absolute Gasteiger partial charge is 0.276 e. The summed E-state index contributed by atoms with van der Waals surface area (Å²) in [5, 5.41) is 14.3. The Morgan fingerprint density at radius 2 is 2.00 bits per heavy atom. The van der Waals surface area contributed by atoms with Crippen molar-refractivity contribution in [1.82, 2.24) is 10.2 Å². The summed E-state index contributed by atoms with van der Waals surface area (Å²) < 4.78 is 16.3. The van der Waals surface area contributed by atoms with E-state index in [4.69, 9.17) is 26.4 Å². The number of amides is 1. The average Bonchev–Trinajstić information content (AvgIpc) is 3.05. The summed E-state index contributed by atoms with van der Waals surface area (Å²) in [7, 11) is 3.17. The zero-order chi connectivity index (χ0) is 24.0. The largest absolute Gasteiger partial charge is 0.496 e. The standard InChI is InChI=1S/C23H25N3O6S/c1-15-11-18(6-7-20(15)26(28)29)32-14-17-12-16(5-8-21(17)31-3)13-19-22(27)25(23(33)24-19)9-4-10-30-2/h5-8,11-13H,4,9-10,14H2,1-3H3,(H,24,33)/b19-13+. The third kappa shape index (κ3) is 5.85. The van der Waals surface area contributed by atoms with E-state index in [0.717, 1.165) is 11.1 Å². The molecule has 2 aromatic rings. The number of ether oxygens (including phenoxy) is 3. The highest BCUT2D eigenvalue weighted by molar-refractivity contribution is 7.80. The number of nitrogens with zero attached hydrogens (tertiary/aromatic N) is 2. The van der Waals surface area contributed by atoms with Gasteiger partial charge in [0.05, 0.1) is 12.0 Å². The van der Waals surface area contributed by atoms with Crippen molar-refractivity contribution in [2.45, 2.75) is 20.0 Å². The van der Waals surface area contributed by atoms with Crippen LogP contribution in [0, 0.1) is 17.0 Å². The van der Waals surface area contributed by atoms with Gasteiger partial charge in [-0.05, 0) is 61.5 Å². The van der Waals surface area contributed by atoms with E-state index in [1.165, 1.54) is 11.0 Å². The van der Waals surface area contributed by atoms with Crippen LogP contribution in [0.1, 0.15) is 23.1 Å². The second kappa shape index (κ2) is 10.9. The van der Waals surface area contributed by atoms with Crippen molar-refractivity contribution in [2.24, 2.45) is 0 Å². The fourth-order valence-corrected chi connectivity index (χ4v) is 3.68. The van der Waals surface area contributed by atoms with Gasteiger partial charge in [-0.25, -0.2) is 0 Å². The summed E-state index contributed by atoms with van der Waals surface area (Å²) >= 11 is 5.29. The molecule has 9 nitrogen and oxygen atoms in total. The molecule has 1 N–H and O–H groups in total. The lowest BCUT2D eigenvalue weighted by Crippen LogP contribution is -2.32. The van der Waals surface area contributed by atoms with Crippen molar-refractivity contribution in [3.8, 4) is 11.5 Å². The Morgan fingerprint density at radius 3 is 2.67 bits per heavy atom. The predicted molar refractivity (Wildman–Crippen MR) is 127 cm³/mol. The topological polar surface area (TPSA) is 103 Å². The molecule has 0 aromatic heterocycles. The monoisotopic (exact) mass is 471 g/mol. The fraction of sp³-hybridized carbons (Fsp3) is 0.304. The first-order valence-corrected chi connectivity index (χ1v) is 10.6. The van der Waals surface area contributed by atoms with Gasteiger partial charge in [-0.1, -0.05) is 6.07 Å². The number of benzene rings is 2. The summed E-state index contributed by atoms with van der Waals surface area (Å²) in [5.41, 5.74) is 2.47. The van der Waals surface area contributed by atoms with Gasteiger partial charge < -0.3 is 19.5 Å². The molecule has 0 bridgehead atoms. The van der Waals surface area contributed by atoms with Crippen LogP contribution < -0.4 is 14.8 Å². The molecule has 10 heteroatoms. The number of carbonyl (C=O) groups excluding carboxylic acids is 1. The van der Waals surface area contributed by atoms with Crippen LogP contribution in [-0.2, 0) is 16.1 Å². The third-order valence-corrected chi connectivity index (χ3v) is 5.39. The molecule has 33 heavy (non-hydrogen) atoms. The van der Waals surface area contributed by atoms with Crippen LogP contribution in [0.25, 0.3) is 6.08 Å². The van der Waals surface area contributed by atoms with Gasteiger partial charge in [0.15, 0.2) is 5.11 Å². The van der Waals surface area contributed by atoms with Crippen LogP contribution in [-0.4, -0.2) is 48.2 Å². The molecule has 0 saturated carbocycles. The van der Waals surface area contributed by atoms with Crippen molar-refractivity contribution < 1.29 is 23.9 Å². The Kier molecular flexibility index (Phi) is 7.96. The lowest BCUT2D eigenvalue weighted by Gasteiger charge is -2.13. The number of rotatable bonds is 10. The SMILES string of the molecule is COCCCN1C(=O)/C(=C\c2ccc(OC)c(COc3ccc([N+](=O)[O-])c(C)c3)c2)NC1=S. The number of methoxy groups -OCH3 is 2. The molecule has 0 radical (unpaired) electrons. The molecule has 0 atom stereocenters. The van der Waals surface area contributed by atoms with E-state index in [-0.39, 0.29) is 18.2 Å². The Hall–Kier alpha value is -3.50. The Bertz CT molecular complexity index is 1100. The summed E-state index contributed by atoms with van der Waals surface area (Å²) in [6.45, 7) is 2.86. The highest BCUT2D eigenvalue weighted by Crippen LogP contribution is 2.27. The summed E-state index contributed by atoms with van der Waals surface area (Å²) in [6, 6.07) is 10.1. The van der Waals surface area contributed by atoms with Gasteiger partial charge in [-0.2, -0.15) is 0 Å². The maximum absolute atomic E-state index is 12.7. The van der Waals surface area contributed by atoms with E-state index < -0.39 is 4.92 Å². The van der Waals surface area contributed by atoms with Crippen LogP contribution in [0.3, 0.4) is 0 Å². The lowest BCUT2D eigenvalue weighted by atomic mass is 10.1. The van der Waals surface area contributed by atoms with Gasteiger partial charge in [-0.15, -0.1) is 0 Å².